The maximum atomic E-state index is 11.4. The van der Waals surface area contributed by atoms with Crippen LogP contribution in [0.15, 0.2) is 16.6 Å². The Kier molecular flexibility index (Phi) is 8.15. The third kappa shape index (κ3) is 5.93. The van der Waals surface area contributed by atoms with Crippen LogP contribution in [0.25, 0.3) is 0 Å². The minimum Gasteiger partial charge on any atom is -0.493 e. The average molecular weight is 359 g/mol. The molecule has 1 aromatic rings. The van der Waals surface area contributed by atoms with Crippen LogP contribution in [-0.2, 0) is 11.3 Å². The number of methoxy groups -OCH3 is 1. The minimum absolute atomic E-state index is 0.0173. The number of amides is 1. The Hall–Kier alpha value is -1.27. The molecule has 0 bridgehead atoms. The summed E-state index contributed by atoms with van der Waals surface area (Å²) in [5.74, 6) is 1.27. The lowest BCUT2D eigenvalue weighted by molar-refractivity contribution is -0.121. The van der Waals surface area contributed by atoms with Gasteiger partial charge in [-0.05, 0) is 47.1 Å². The second-order valence-electron chi connectivity index (χ2n) is 4.44. The number of carbonyl (C=O) groups is 1. The van der Waals surface area contributed by atoms with Crippen LogP contribution < -0.4 is 20.1 Å². The van der Waals surface area contributed by atoms with Crippen LogP contribution in [0.2, 0.25) is 0 Å². The van der Waals surface area contributed by atoms with E-state index in [0.29, 0.717) is 31.1 Å². The van der Waals surface area contributed by atoms with E-state index in [1.165, 1.54) is 0 Å². The summed E-state index contributed by atoms with van der Waals surface area (Å²) in [6.45, 7) is 6.57. The van der Waals surface area contributed by atoms with Crippen molar-refractivity contribution in [1.82, 2.24) is 10.6 Å². The molecule has 0 fully saturated rings. The lowest BCUT2D eigenvalue weighted by atomic mass is 10.2. The van der Waals surface area contributed by atoms with Gasteiger partial charge >= 0.3 is 0 Å². The minimum atomic E-state index is -0.0173. The maximum Gasteiger partial charge on any atom is 0.223 e. The molecule has 21 heavy (non-hydrogen) atoms. The van der Waals surface area contributed by atoms with Gasteiger partial charge in [-0.25, -0.2) is 0 Å². The molecule has 0 spiro atoms. The summed E-state index contributed by atoms with van der Waals surface area (Å²) in [4.78, 5) is 11.4. The molecule has 0 saturated carbocycles. The van der Waals surface area contributed by atoms with Gasteiger partial charge in [0.25, 0.3) is 0 Å². The summed E-state index contributed by atoms with van der Waals surface area (Å²) in [5.41, 5.74) is 1.11. The third-order valence-corrected chi connectivity index (χ3v) is 3.41. The third-order valence-electron chi connectivity index (χ3n) is 2.82. The molecule has 5 nitrogen and oxygen atoms in total. The maximum absolute atomic E-state index is 11.4. The van der Waals surface area contributed by atoms with E-state index in [-0.39, 0.29) is 5.91 Å². The Balaban J connectivity index is 2.70. The first-order chi connectivity index (χ1) is 10.1. The van der Waals surface area contributed by atoms with Gasteiger partial charge in [-0.1, -0.05) is 6.92 Å². The molecule has 0 heterocycles. The molecule has 0 aromatic heterocycles. The Morgan fingerprint density at radius 2 is 2.05 bits per heavy atom. The Labute approximate surface area is 134 Å². The van der Waals surface area contributed by atoms with Crippen LogP contribution in [-0.4, -0.2) is 32.7 Å². The van der Waals surface area contributed by atoms with Crippen LogP contribution in [0.5, 0.6) is 11.5 Å². The Morgan fingerprint density at radius 1 is 1.29 bits per heavy atom. The van der Waals surface area contributed by atoms with Gasteiger partial charge in [0.05, 0.1) is 24.6 Å². The quantitative estimate of drug-likeness (QED) is 0.711. The normalized spacial score (nSPS) is 10.3. The number of benzene rings is 1. The van der Waals surface area contributed by atoms with Crippen LogP contribution >= 0.6 is 15.9 Å². The Morgan fingerprint density at radius 3 is 2.67 bits per heavy atom. The summed E-state index contributed by atoms with van der Waals surface area (Å²) in [7, 11) is 1.61. The Bertz CT molecular complexity index is 466. The van der Waals surface area contributed by atoms with Crippen LogP contribution in [0.1, 0.15) is 25.8 Å². The first kappa shape index (κ1) is 17.8. The molecule has 1 amide bonds. The van der Waals surface area contributed by atoms with Gasteiger partial charge in [-0.3, -0.25) is 4.79 Å². The number of hydrogen-bond donors (Lipinski definition) is 2. The van der Waals surface area contributed by atoms with Crippen LogP contribution in [0, 0.1) is 0 Å². The van der Waals surface area contributed by atoms with Crippen molar-refractivity contribution in [3.63, 3.8) is 0 Å². The monoisotopic (exact) mass is 358 g/mol. The highest BCUT2D eigenvalue weighted by atomic mass is 79.9. The van der Waals surface area contributed by atoms with Crippen LogP contribution in [0.4, 0.5) is 0 Å². The predicted molar refractivity (Wildman–Crippen MR) is 86.9 cm³/mol. The highest BCUT2D eigenvalue weighted by Crippen LogP contribution is 2.36. The zero-order valence-corrected chi connectivity index (χ0v) is 14.4. The number of halogens is 1. The van der Waals surface area contributed by atoms with Gasteiger partial charge < -0.3 is 20.1 Å². The molecule has 118 valence electrons. The fourth-order valence-electron chi connectivity index (χ4n) is 1.82. The van der Waals surface area contributed by atoms with Gasteiger partial charge in [0.2, 0.25) is 5.91 Å². The molecule has 1 rings (SSSR count). The predicted octanol–water partition coefficient (Wildman–Crippen LogP) is 2.47. The largest absolute Gasteiger partial charge is 0.493 e. The van der Waals surface area contributed by atoms with E-state index in [0.717, 1.165) is 23.1 Å². The first-order valence-corrected chi connectivity index (χ1v) is 7.88. The van der Waals surface area contributed by atoms with E-state index in [4.69, 9.17) is 9.47 Å². The molecule has 0 aliphatic carbocycles. The molecule has 1 aromatic carbocycles. The molecule has 0 saturated heterocycles. The van der Waals surface area contributed by atoms with E-state index in [1.54, 1.807) is 7.11 Å². The van der Waals surface area contributed by atoms with E-state index in [2.05, 4.69) is 33.5 Å². The summed E-state index contributed by atoms with van der Waals surface area (Å²) < 4.78 is 11.9. The van der Waals surface area contributed by atoms with Crippen molar-refractivity contribution in [2.24, 2.45) is 0 Å². The van der Waals surface area contributed by atoms with Gasteiger partial charge in [0, 0.05) is 13.1 Å². The summed E-state index contributed by atoms with van der Waals surface area (Å²) in [5, 5.41) is 6.00. The molecular weight excluding hydrogens is 336 g/mol. The summed E-state index contributed by atoms with van der Waals surface area (Å²) in [6.07, 6.45) is 0.322. The molecule has 0 unspecified atom stereocenters. The number of hydrogen-bond acceptors (Lipinski definition) is 4. The van der Waals surface area contributed by atoms with Gasteiger partial charge in [-0.2, -0.15) is 0 Å². The molecule has 0 aliphatic heterocycles. The van der Waals surface area contributed by atoms with Crippen molar-refractivity contribution in [1.29, 1.82) is 0 Å². The number of nitrogens with one attached hydrogen (secondary N) is 2. The molecule has 0 aliphatic rings. The zero-order chi connectivity index (χ0) is 15.7. The smallest absolute Gasteiger partial charge is 0.223 e. The lowest BCUT2D eigenvalue weighted by Gasteiger charge is -2.14. The molecular formula is C15H23BrN2O3. The highest BCUT2D eigenvalue weighted by Gasteiger charge is 2.12. The van der Waals surface area contributed by atoms with Crippen molar-refractivity contribution >= 4 is 21.8 Å². The average Bonchev–Trinajstić information content (AvgIpc) is 2.46. The number of rotatable bonds is 9. The van der Waals surface area contributed by atoms with E-state index < -0.39 is 0 Å². The van der Waals surface area contributed by atoms with Gasteiger partial charge in [0.1, 0.15) is 0 Å². The molecule has 0 radical (unpaired) electrons. The molecule has 6 heteroatoms. The molecule has 0 atom stereocenters. The lowest BCUT2D eigenvalue weighted by Crippen LogP contribution is -2.24. The fraction of sp³-hybridized carbons (Fsp3) is 0.533. The van der Waals surface area contributed by atoms with Crippen molar-refractivity contribution in [3.8, 4) is 11.5 Å². The summed E-state index contributed by atoms with van der Waals surface area (Å²) in [6, 6.07) is 3.93. The van der Waals surface area contributed by atoms with Crippen molar-refractivity contribution in [2.75, 3.05) is 26.8 Å². The summed E-state index contributed by atoms with van der Waals surface area (Å²) >= 11 is 3.50. The van der Waals surface area contributed by atoms with Crippen LogP contribution in [0.3, 0.4) is 0 Å². The van der Waals surface area contributed by atoms with Crippen molar-refractivity contribution in [2.45, 2.75) is 26.8 Å². The zero-order valence-electron chi connectivity index (χ0n) is 12.8. The number of carbonyl (C=O) groups excluding carboxylic acids is 1. The van der Waals surface area contributed by atoms with E-state index >= 15 is 0 Å². The fourth-order valence-corrected chi connectivity index (χ4v) is 2.42. The second-order valence-corrected chi connectivity index (χ2v) is 5.30. The SMILES string of the molecule is CCNCc1cc(Br)c(OCCC(=O)NCC)c(OC)c1. The van der Waals surface area contributed by atoms with Gasteiger partial charge in [0.15, 0.2) is 11.5 Å². The molecule has 2 N–H and O–H groups in total. The first-order valence-electron chi connectivity index (χ1n) is 7.08. The highest BCUT2D eigenvalue weighted by molar-refractivity contribution is 9.10. The topological polar surface area (TPSA) is 59.6 Å². The van der Waals surface area contributed by atoms with E-state index in [1.807, 2.05) is 19.1 Å². The second kappa shape index (κ2) is 9.63. The van der Waals surface area contributed by atoms with Crippen molar-refractivity contribution in [3.05, 3.63) is 22.2 Å². The van der Waals surface area contributed by atoms with Crippen molar-refractivity contribution < 1.29 is 14.3 Å². The standard InChI is InChI=1S/C15H23BrN2O3/c1-4-17-10-11-8-12(16)15(13(9-11)20-3)21-7-6-14(19)18-5-2/h8-9,17H,4-7,10H2,1-3H3,(H,18,19). The van der Waals surface area contributed by atoms with E-state index in [9.17, 15) is 4.79 Å². The number of ether oxygens (including phenoxy) is 2. The van der Waals surface area contributed by atoms with Gasteiger partial charge in [-0.15, -0.1) is 0 Å².